The van der Waals surface area contributed by atoms with Gasteiger partial charge in [-0.25, -0.2) is 19.4 Å². The Balaban J connectivity index is 0.000000257. The zero-order valence-corrected chi connectivity index (χ0v) is 21.2. The van der Waals surface area contributed by atoms with Crippen molar-refractivity contribution < 1.29 is 24.6 Å². The summed E-state index contributed by atoms with van der Waals surface area (Å²) in [5, 5.41) is 27.5. The smallest absolute Gasteiger partial charge is 0.352 e. The first-order valence-electron chi connectivity index (χ1n) is 9.49. The number of amides is 2. The van der Waals surface area contributed by atoms with Gasteiger partial charge in [0.1, 0.15) is 5.71 Å². The van der Waals surface area contributed by atoms with E-state index in [-0.39, 0.29) is 28.9 Å². The summed E-state index contributed by atoms with van der Waals surface area (Å²) in [4.78, 5) is 35.2. The molecule has 13 heteroatoms. The highest BCUT2D eigenvalue weighted by Crippen LogP contribution is 2.38. The zero-order valence-electron chi connectivity index (χ0n) is 18.1. The predicted octanol–water partition coefficient (Wildman–Crippen LogP) is 5.57. The van der Waals surface area contributed by atoms with E-state index in [4.69, 9.17) is 51.5 Å². The highest BCUT2D eigenvalue weighted by molar-refractivity contribution is 6.42. The van der Waals surface area contributed by atoms with Crippen LogP contribution in [0.1, 0.15) is 13.3 Å². The molecule has 2 amide bonds. The Bertz CT molecular complexity index is 1160. The van der Waals surface area contributed by atoms with Gasteiger partial charge in [0, 0.05) is 31.2 Å². The van der Waals surface area contributed by atoms with Gasteiger partial charge in [-0.1, -0.05) is 46.4 Å². The highest BCUT2D eigenvalue weighted by Gasteiger charge is 2.48. The molecule has 3 N–H and O–H groups in total. The van der Waals surface area contributed by atoms with E-state index < -0.39 is 17.5 Å². The summed E-state index contributed by atoms with van der Waals surface area (Å²) in [6.45, 7) is 1.39. The fraction of sp³-hybridized carbons (Fsp3) is 0.238. The van der Waals surface area contributed by atoms with Crippen molar-refractivity contribution in [2.24, 2.45) is 5.10 Å². The van der Waals surface area contributed by atoms with E-state index in [0.29, 0.717) is 20.8 Å². The maximum absolute atomic E-state index is 11.5. The standard InChI is InChI=1S/C12H10Cl2N2O4.C9H10Cl2N2O/c1-12(11(19)20)5-8(10(17)18)15-16(12)9-3-2-6(13)4-7(9)14;1-13(2)9(14)12-6-3-4-7(10)8(11)5-6/h2-4H,5H2,1H3,(H,17,18)(H,19,20);3-5H,1-2H3,(H,12,14). The van der Waals surface area contributed by atoms with Crippen LogP contribution >= 0.6 is 46.4 Å². The second-order valence-corrected chi connectivity index (χ2v) is 9.13. The van der Waals surface area contributed by atoms with Crippen molar-refractivity contribution in [1.29, 1.82) is 0 Å². The number of carboxylic acid groups (broad SMARTS) is 2. The molecule has 2 aromatic carbocycles. The average molecular weight is 550 g/mol. The van der Waals surface area contributed by atoms with Crippen LogP contribution < -0.4 is 10.3 Å². The first kappa shape index (κ1) is 27.5. The molecule has 34 heavy (non-hydrogen) atoms. The van der Waals surface area contributed by atoms with Gasteiger partial charge in [0.25, 0.3) is 0 Å². The van der Waals surface area contributed by atoms with E-state index in [2.05, 4.69) is 10.4 Å². The molecule has 182 valence electrons. The van der Waals surface area contributed by atoms with Crippen molar-refractivity contribution in [3.63, 3.8) is 0 Å². The van der Waals surface area contributed by atoms with Crippen molar-refractivity contribution >= 4 is 81.5 Å². The molecule has 1 aliphatic rings. The van der Waals surface area contributed by atoms with Gasteiger partial charge in [-0.2, -0.15) is 5.10 Å². The zero-order chi connectivity index (χ0) is 25.8. The lowest BCUT2D eigenvalue weighted by Crippen LogP contribution is -2.47. The molecule has 0 saturated carbocycles. The molecule has 2 aromatic rings. The number of nitrogens with zero attached hydrogens (tertiary/aromatic N) is 3. The number of carboxylic acids is 2. The first-order chi connectivity index (χ1) is 15.8. The minimum absolute atomic E-state index is 0.195. The van der Waals surface area contributed by atoms with Gasteiger partial charge in [-0.05, 0) is 43.3 Å². The molecule has 1 aliphatic heterocycles. The van der Waals surface area contributed by atoms with Crippen LogP contribution in [-0.2, 0) is 9.59 Å². The summed E-state index contributed by atoms with van der Waals surface area (Å²) in [6.07, 6.45) is -0.226. The molecule has 0 aliphatic carbocycles. The Labute approximate surface area is 215 Å². The maximum atomic E-state index is 11.5. The Hall–Kier alpha value is -2.72. The van der Waals surface area contributed by atoms with Crippen molar-refractivity contribution in [2.45, 2.75) is 18.9 Å². The second-order valence-electron chi connectivity index (χ2n) is 7.47. The number of urea groups is 1. The third-order valence-corrected chi connectivity index (χ3v) is 5.90. The third kappa shape index (κ3) is 6.44. The molecular weight excluding hydrogens is 530 g/mol. The number of anilines is 2. The van der Waals surface area contributed by atoms with Gasteiger partial charge in [-0.15, -0.1) is 0 Å². The average Bonchev–Trinajstić information content (AvgIpc) is 3.10. The van der Waals surface area contributed by atoms with Crippen LogP contribution in [-0.4, -0.2) is 58.4 Å². The summed E-state index contributed by atoms with van der Waals surface area (Å²) in [7, 11) is 3.32. The molecule has 9 nitrogen and oxygen atoms in total. The topological polar surface area (TPSA) is 123 Å². The molecule has 0 fully saturated rings. The van der Waals surface area contributed by atoms with Crippen LogP contribution in [0.3, 0.4) is 0 Å². The summed E-state index contributed by atoms with van der Waals surface area (Å²) in [5.41, 5.74) is -0.832. The molecule has 0 aromatic heterocycles. The highest BCUT2D eigenvalue weighted by atomic mass is 35.5. The molecule has 0 spiro atoms. The van der Waals surface area contributed by atoms with E-state index >= 15 is 0 Å². The molecule has 1 unspecified atom stereocenters. The molecule has 0 bridgehead atoms. The van der Waals surface area contributed by atoms with Gasteiger partial charge in [-0.3, -0.25) is 0 Å². The van der Waals surface area contributed by atoms with E-state index in [1.165, 1.54) is 30.0 Å². The van der Waals surface area contributed by atoms with Gasteiger partial charge in [0.15, 0.2) is 5.54 Å². The van der Waals surface area contributed by atoms with Crippen LogP contribution in [0.5, 0.6) is 0 Å². The van der Waals surface area contributed by atoms with Gasteiger partial charge >= 0.3 is 18.0 Å². The first-order valence-corrected chi connectivity index (χ1v) is 11.0. The van der Waals surface area contributed by atoms with E-state index in [1.54, 1.807) is 32.3 Å². The third-order valence-electron chi connectivity index (χ3n) is 4.62. The summed E-state index contributed by atoms with van der Waals surface area (Å²) in [6, 6.07) is 9.19. The Morgan fingerprint density at radius 2 is 1.65 bits per heavy atom. The Kier molecular flexibility index (Phi) is 9.02. The second kappa shape index (κ2) is 11.1. The number of rotatable bonds is 4. The van der Waals surface area contributed by atoms with Crippen LogP contribution in [0, 0.1) is 0 Å². The van der Waals surface area contributed by atoms with Crippen LogP contribution in [0.4, 0.5) is 16.2 Å². The number of benzene rings is 2. The Morgan fingerprint density at radius 1 is 1.00 bits per heavy atom. The monoisotopic (exact) mass is 548 g/mol. The number of hydrogen-bond acceptors (Lipinski definition) is 5. The van der Waals surface area contributed by atoms with Gasteiger partial charge in [0.2, 0.25) is 0 Å². The van der Waals surface area contributed by atoms with Crippen LogP contribution in [0.25, 0.3) is 0 Å². The fourth-order valence-electron chi connectivity index (χ4n) is 2.73. The molecule has 1 atom stereocenters. The lowest BCUT2D eigenvalue weighted by atomic mass is 9.95. The molecule has 0 radical (unpaired) electrons. The van der Waals surface area contributed by atoms with Crippen molar-refractivity contribution in [3.8, 4) is 0 Å². The van der Waals surface area contributed by atoms with E-state index in [0.717, 1.165) is 5.01 Å². The minimum atomic E-state index is -1.51. The molecular formula is C21H20Cl4N4O5. The maximum Gasteiger partial charge on any atom is 0.352 e. The number of hydrazone groups is 1. The van der Waals surface area contributed by atoms with Crippen LogP contribution in [0.2, 0.25) is 20.1 Å². The van der Waals surface area contributed by atoms with Crippen LogP contribution in [0.15, 0.2) is 41.5 Å². The van der Waals surface area contributed by atoms with Gasteiger partial charge < -0.3 is 20.4 Å². The number of carbonyl (C=O) groups excluding carboxylic acids is 1. The molecule has 0 saturated heterocycles. The minimum Gasteiger partial charge on any atom is -0.479 e. The van der Waals surface area contributed by atoms with Crippen molar-refractivity contribution in [3.05, 3.63) is 56.5 Å². The lowest BCUT2D eigenvalue weighted by molar-refractivity contribution is -0.142. The summed E-state index contributed by atoms with van der Waals surface area (Å²) in [5.74, 6) is -2.45. The predicted molar refractivity (Wildman–Crippen MR) is 134 cm³/mol. The number of carbonyl (C=O) groups is 3. The van der Waals surface area contributed by atoms with E-state index in [1.807, 2.05) is 0 Å². The quantitative estimate of drug-likeness (QED) is 0.458. The Morgan fingerprint density at radius 3 is 2.15 bits per heavy atom. The summed E-state index contributed by atoms with van der Waals surface area (Å²) < 4.78 is 0. The molecule has 3 rings (SSSR count). The van der Waals surface area contributed by atoms with E-state index in [9.17, 15) is 19.5 Å². The van der Waals surface area contributed by atoms with Crippen molar-refractivity contribution in [1.82, 2.24) is 4.90 Å². The largest absolute Gasteiger partial charge is 0.479 e. The molecule has 1 heterocycles. The number of aliphatic carboxylic acids is 2. The van der Waals surface area contributed by atoms with Crippen molar-refractivity contribution in [2.75, 3.05) is 24.4 Å². The number of halogens is 4. The van der Waals surface area contributed by atoms with Gasteiger partial charge in [0.05, 0.1) is 20.8 Å². The number of hydrogen-bond donors (Lipinski definition) is 3. The lowest BCUT2D eigenvalue weighted by Gasteiger charge is -2.30. The SMILES string of the molecule is CC1(C(=O)O)CC(C(=O)O)=NN1c1ccc(Cl)cc1Cl.CN(C)C(=O)Nc1ccc(Cl)c(Cl)c1. The summed E-state index contributed by atoms with van der Waals surface area (Å²) >= 11 is 23.3. The number of nitrogens with one attached hydrogen (secondary N) is 1. The fourth-order valence-corrected chi connectivity index (χ4v) is 3.52. The normalized spacial score (nSPS) is 16.8.